The van der Waals surface area contributed by atoms with Gasteiger partial charge in [-0.15, -0.1) is 0 Å². The zero-order valence-electron chi connectivity index (χ0n) is 10.4. The molecule has 0 saturated carbocycles. The molecule has 2 atom stereocenters. The zero-order valence-corrected chi connectivity index (χ0v) is 10.4. The van der Waals surface area contributed by atoms with Crippen molar-refractivity contribution in [2.24, 2.45) is 5.73 Å². The van der Waals surface area contributed by atoms with E-state index in [1.807, 2.05) is 31.2 Å². The third-order valence-corrected chi connectivity index (χ3v) is 2.78. The van der Waals surface area contributed by atoms with Gasteiger partial charge in [-0.25, -0.2) is 0 Å². The maximum Gasteiger partial charge on any atom is 0.127 e. The molecule has 17 heavy (non-hydrogen) atoms. The Morgan fingerprint density at radius 3 is 2.53 bits per heavy atom. The van der Waals surface area contributed by atoms with Crippen molar-refractivity contribution >= 4 is 10.8 Å². The number of hydrogen-bond acceptors (Lipinski definition) is 2. The molecule has 0 bridgehead atoms. The van der Waals surface area contributed by atoms with Crippen LogP contribution in [0.1, 0.15) is 20.3 Å². The van der Waals surface area contributed by atoms with Crippen molar-refractivity contribution < 1.29 is 4.74 Å². The van der Waals surface area contributed by atoms with Crippen LogP contribution in [0, 0.1) is 0 Å². The number of rotatable bonds is 4. The Morgan fingerprint density at radius 2 is 1.76 bits per heavy atom. The van der Waals surface area contributed by atoms with Crippen molar-refractivity contribution in [2.75, 3.05) is 0 Å². The van der Waals surface area contributed by atoms with Crippen molar-refractivity contribution in [1.82, 2.24) is 0 Å². The molecule has 0 aliphatic rings. The molecule has 0 heterocycles. The highest BCUT2D eigenvalue weighted by Crippen LogP contribution is 2.26. The number of benzene rings is 2. The lowest BCUT2D eigenvalue weighted by Crippen LogP contribution is -2.24. The Bertz CT molecular complexity index is 488. The van der Waals surface area contributed by atoms with Gasteiger partial charge in [-0.2, -0.15) is 0 Å². The summed E-state index contributed by atoms with van der Waals surface area (Å²) >= 11 is 0. The molecule has 90 valence electrons. The van der Waals surface area contributed by atoms with E-state index in [-0.39, 0.29) is 12.1 Å². The van der Waals surface area contributed by atoms with E-state index in [0.29, 0.717) is 0 Å². The van der Waals surface area contributed by atoms with Crippen LogP contribution in [-0.4, -0.2) is 12.1 Å². The molecule has 2 rings (SSSR count). The summed E-state index contributed by atoms with van der Waals surface area (Å²) in [5, 5.41) is 2.37. The molecule has 2 N–H and O–H groups in total. The number of ether oxygens (including phenoxy) is 1. The number of hydrogen-bond donors (Lipinski definition) is 1. The molecule has 2 heteroatoms. The summed E-state index contributed by atoms with van der Waals surface area (Å²) < 4.78 is 5.96. The molecule has 2 aromatic rings. The average molecular weight is 229 g/mol. The number of nitrogens with two attached hydrogens (primary N) is 1. The molecule has 0 radical (unpaired) electrons. The highest BCUT2D eigenvalue weighted by atomic mass is 16.5. The van der Waals surface area contributed by atoms with Gasteiger partial charge < -0.3 is 10.5 Å². The summed E-state index contributed by atoms with van der Waals surface area (Å²) in [5.74, 6) is 0.941. The standard InChI is InChI=1S/C15H19NO/c1-11(16)10-12(2)17-15-9-5-7-13-6-3-4-8-14(13)15/h3-9,11-12H,10,16H2,1-2H3. The van der Waals surface area contributed by atoms with Crippen molar-refractivity contribution in [3.8, 4) is 5.75 Å². The van der Waals surface area contributed by atoms with Crippen LogP contribution in [0.3, 0.4) is 0 Å². The summed E-state index contributed by atoms with van der Waals surface area (Å²) in [6, 6.07) is 14.6. The predicted molar refractivity (Wildman–Crippen MR) is 72.3 cm³/mol. The van der Waals surface area contributed by atoms with Gasteiger partial charge in [0.2, 0.25) is 0 Å². The van der Waals surface area contributed by atoms with Gasteiger partial charge in [-0.1, -0.05) is 36.4 Å². The molecule has 0 aliphatic heterocycles. The first-order valence-electron chi connectivity index (χ1n) is 6.07. The minimum absolute atomic E-state index is 0.140. The maximum absolute atomic E-state index is 5.96. The lowest BCUT2D eigenvalue weighted by atomic mass is 10.1. The Morgan fingerprint density at radius 1 is 1.06 bits per heavy atom. The molecule has 2 unspecified atom stereocenters. The Kier molecular flexibility index (Phi) is 3.64. The fraction of sp³-hybridized carbons (Fsp3) is 0.333. The molecule has 2 aromatic carbocycles. The highest BCUT2D eigenvalue weighted by molar-refractivity contribution is 5.88. The quantitative estimate of drug-likeness (QED) is 0.872. The molecule has 0 saturated heterocycles. The second kappa shape index (κ2) is 5.19. The van der Waals surface area contributed by atoms with Gasteiger partial charge in [-0.3, -0.25) is 0 Å². The van der Waals surface area contributed by atoms with E-state index in [4.69, 9.17) is 10.5 Å². The summed E-state index contributed by atoms with van der Waals surface area (Å²) in [7, 11) is 0. The third kappa shape index (κ3) is 2.98. The molecular weight excluding hydrogens is 210 g/mol. The molecule has 2 nitrogen and oxygen atoms in total. The van der Waals surface area contributed by atoms with Gasteiger partial charge in [-0.05, 0) is 31.7 Å². The van der Waals surface area contributed by atoms with E-state index in [1.54, 1.807) is 0 Å². The first-order valence-corrected chi connectivity index (χ1v) is 6.07. The van der Waals surface area contributed by atoms with E-state index in [1.165, 1.54) is 5.39 Å². The highest BCUT2D eigenvalue weighted by Gasteiger charge is 2.08. The van der Waals surface area contributed by atoms with E-state index >= 15 is 0 Å². The molecule has 0 aliphatic carbocycles. The minimum atomic E-state index is 0.140. The van der Waals surface area contributed by atoms with E-state index < -0.39 is 0 Å². The second-order valence-corrected chi connectivity index (χ2v) is 4.62. The largest absolute Gasteiger partial charge is 0.490 e. The van der Waals surface area contributed by atoms with Crippen LogP contribution in [0.25, 0.3) is 10.8 Å². The van der Waals surface area contributed by atoms with Gasteiger partial charge in [0.25, 0.3) is 0 Å². The maximum atomic E-state index is 5.96. The summed E-state index contributed by atoms with van der Waals surface area (Å²) in [4.78, 5) is 0. The van der Waals surface area contributed by atoms with E-state index in [9.17, 15) is 0 Å². The minimum Gasteiger partial charge on any atom is -0.490 e. The summed E-state index contributed by atoms with van der Waals surface area (Å²) in [6.07, 6.45) is 1.00. The van der Waals surface area contributed by atoms with Crippen LogP contribution in [0.2, 0.25) is 0 Å². The second-order valence-electron chi connectivity index (χ2n) is 4.62. The van der Waals surface area contributed by atoms with Gasteiger partial charge in [0.05, 0.1) is 6.10 Å². The topological polar surface area (TPSA) is 35.2 Å². The molecule has 0 fully saturated rings. The van der Waals surface area contributed by atoms with Crippen LogP contribution in [0.5, 0.6) is 5.75 Å². The van der Waals surface area contributed by atoms with Crippen molar-refractivity contribution in [1.29, 1.82) is 0 Å². The lowest BCUT2D eigenvalue weighted by Gasteiger charge is -2.17. The van der Waals surface area contributed by atoms with Crippen molar-refractivity contribution in [3.05, 3.63) is 42.5 Å². The fourth-order valence-electron chi connectivity index (χ4n) is 2.09. The SMILES string of the molecule is CC(N)CC(C)Oc1cccc2ccccc12. The van der Waals surface area contributed by atoms with E-state index in [2.05, 4.69) is 25.1 Å². The van der Waals surface area contributed by atoms with Crippen LogP contribution in [-0.2, 0) is 0 Å². The van der Waals surface area contributed by atoms with Crippen LogP contribution >= 0.6 is 0 Å². The lowest BCUT2D eigenvalue weighted by molar-refractivity contribution is 0.205. The Hall–Kier alpha value is -1.54. The summed E-state index contributed by atoms with van der Waals surface area (Å²) in [5.41, 5.74) is 5.78. The molecule has 0 spiro atoms. The Labute approximate surface area is 102 Å². The predicted octanol–water partition coefficient (Wildman–Crippen LogP) is 3.34. The normalized spacial score (nSPS) is 14.5. The Balaban J connectivity index is 2.24. The average Bonchev–Trinajstić information content (AvgIpc) is 2.28. The first-order chi connectivity index (χ1) is 8.16. The van der Waals surface area contributed by atoms with Crippen LogP contribution < -0.4 is 10.5 Å². The number of fused-ring (bicyclic) bond motifs is 1. The van der Waals surface area contributed by atoms with Gasteiger partial charge >= 0.3 is 0 Å². The van der Waals surface area contributed by atoms with Crippen molar-refractivity contribution in [3.63, 3.8) is 0 Å². The first kappa shape index (κ1) is 11.9. The molecule has 0 amide bonds. The van der Waals surface area contributed by atoms with Crippen LogP contribution in [0.15, 0.2) is 42.5 Å². The van der Waals surface area contributed by atoms with Crippen LogP contribution in [0.4, 0.5) is 0 Å². The molecular formula is C15H19NO. The smallest absolute Gasteiger partial charge is 0.127 e. The van der Waals surface area contributed by atoms with Gasteiger partial charge in [0.1, 0.15) is 5.75 Å². The zero-order chi connectivity index (χ0) is 12.3. The van der Waals surface area contributed by atoms with Gasteiger partial charge in [0, 0.05) is 11.4 Å². The monoisotopic (exact) mass is 229 g/mol. The van der Waals surface area contributed by atoms with Crippen molar-refractivity contribution in [2.45, 2.75) is 32.4 Å². The fourth-order valence-corrected chi connectivity index (χ4v) is 2.09. The van der Waals surface area contributed by atoms with Gasteiger partial charge in [0.15, 0.2) is 0 Å². The summed E-state index contributed by atoms with van der Waals surface area (Å²) in [6.45, 7) is 4.06. The van der Waals surface area contributed by atoms with E-state index in [0.717, 1.165) is 17.6 Å². The third-order valence-electron chi connectivity index (χ3n) is 2.78. The molecule has 0 aromatic heterocycles.